The molecule has 1 rings (SSSR count). The van der Waals surface area contributed by atoms with Crippen molar-refractivity contribution < 1.29 is 4.79 Å². The summed E-state index contributed by atoms with van der Waals surface area (Å²) >= 11 is 0. The SMILES string of the molecule is CCC(CC1CC1)NC(=O)[C@@H](N)CC. The molecule has 0 aliphatic heterocycles. The molecule has 82 valence electrons. The van der Waals surface area contributed by atoms with Gasteiger partial charge in [0.2, 0.25) is 5.91 Å². The minimum Gasteiger partial charge on any atom is -0.352 e. The Bertz CT molecular complexity index is 190. The van der Waals surface area contributed by atoms with Gasteiger partial charge in [0.1, 0.15) is 0 Å². The first-order valence-corrected chi connectivity index (χ1v) is 5.73. The van der Waals surface area contributed by atoms with Gasteiger partial charge in [-0.25, -0.2) is 0 Å². The third kappa shape index (κ3) is 3.66. The highest BCUT2D eigenvalue weighted by Gasteiger charge is 2.26. The summed E-state index contributed by atoms with van der Waals surface area (Å²) in [6, 6.07) is 0.0100. The molecule has 1 aliphatic rings. The fourth-order valence-electron chi connectivity index (χ4n) is 1.58. The predicted molar refractivity (Wildman–Crippen MR) is 57.8 cm³/mol. The van der Waals surface area contributed by atoms with Gasteiger partial charge in [-0.05, 0) is 25.2 Å². The van der Waals surface area contributed by atoms with Gasteiger partial charge in [0.05, 0.1) is 6.04 Å². The second-order valence-electron chi connectivity index (χ2n) is 4.31. The Morgan fingerprint density at radius 3 is 2.50 bits per heavy atom. The van der Waals surface area contributed by atoms with E-state index >= 15 is 0 Å². The van der Waals surface area contributed by atoms with Crippen LogP contribution in [0.15, 0.2) is 0 Å². The predicted octanol–water partition coefficient (Wildman–Crippen LogP) is 1.42. The van der Waals surface area contributed by atoms with Crippen LogP contribution in [0, 0.1) is 5.92 Å². The largest absolute Gasteiger partial charge is 0.352 e. The van der Waals surface area contributed by atoms with Crippen molar-refractivity contribution in [1.29, 1.82) is 0 Å². The number of rotatable bonds is 6. The molecule has 0 saturated heterocycles. The van der Waals surface area contributed by atoms with Crippen LogP contribution in [0.2, 0.25) is 0 Å². The zero-order chi connectivity index (χ0) is 10.6. The summed E-state index contributed by atoms with van der Waals surface area (Å²) in [5.74, 6) is 0.873. The van der Waals surface area contributed by atoms with Crippen molar-refractivity contribution >= 4 is 5.91 Å². The number of nitrogens with one attached hydrogen (secondary N) is 1. The fourth-order valence-corrected chi connectivity index (χ4v) is 1.58. The lowest BCUT2D eigenvalue weighted by atomic mass is 10.1. The number of hydrogen-bond donors (Lipinski definition) is 2. The van der Waals surface area contributed by atoms with E-state index < -0.39 is 0 Å². The van der Waals surface area contributed by atoms with E-state index in [2.05, 4.69) is 12.2 Å². The molecular formula is C11H22N2O. The molecule has 0 bridgehead atoms. The smallest absolute Gasteiger partial charge is 0.237 e. The first kappa shape index (κ1) is 11.5. The van der Waals surface area contributed by atoms with Crippen LogP contribution in [-0.2, 0) is 4.79 Å². The molecule has 0 spiro atoms. The normalized spacial score (nSPS) is 20.2. The van der Waals surface area contributed by atoms with E-state index in [1.165, 1.54) is 12.8 Å². The fraction of sp³-hybridized carbons (Fsp3) is 0.909. The zero-order valence-corrected chi connectivity index (χ0v) is 9.25. The van der Waals surface area contributed by atoms with Crippen molar-refractivity contribution in [2.24, 2.45) is 11.7 Å². The average molecular weight is 198 g/mol. The molecule has 14 heavy (non-hydrogen) atoms. The quantitative estimate of drug-likeness (QED) is 0.678. The minimum absolute atomic E-state index is 0.0139. The summed E-state index contributed by atoms with van der Waals surface area (Å²) in [6.07, 6.45) is 5.54. The maximum Gasteiger partial charge on any atom is 0.237 e. The van der Waals surface area contributed by atoms with Gasteiger partial charge in [-0.1, -0.05) is 26.7 Å². The van der Waals surface area contributed by atoms with Crippen molar-refractivity contribution in [2.45, 2.75) is 58.0 Å². The van der Waals surface area contributed by atoms with E-state index in [-0.39, 0.29) is 11.9 Å². The highest BCUT2D eigenvalue weighted by atomic mass is 16.2. The molecule has 1 amide bonds. The van der Waals surface area contributed by atoms with Crippen LogP contribution >= 0.6 is 0 Å². The lowest BCUT2D eigenvalue weighted by Gasteiger charge is -2.18. The van der Waals surface area contributed by atoms with Gasteiger partial charge in [0, 0.05) is 6.04 Å². The topological polar surface area (TPSA) is 55.1 Å². The molecule has 3 heteroatoms. The van der Waals surface area contributed by atoms with Gasteiger partial charge in [0.25, 0.3) is 0 Å². The highest BCUT2D eigenvalue weighted by Crippen LogP contribution is 2.33. The Balaban J connectivity index is 2.26. The van der Waals surface area contributed by atoms with Crippen molar-refractivity contribution in [2.75, 3.05) is 0 Å². The Hall–Kier alpha value is -0.570. The Morgan fingerprint density at radius 1 is 1.43 bits per heavy atom. The molecule has 1 aliphatic carbocycles. The van der Waals surface area contributed by atoms with Gasteiger partial charge >= 0.3 is 0 Å². The maximum atomic E-state index is 11.5. The summed E-state index contributed by atoms with van der Waals surface area (Å²) in [6.45, 7) is 4.05. The van der Waals surface area contributed by atoms with Crippen molar-refractivity contribution in [3.05, 3.63) is 0 Å². The van der Waals surface area contributed by atoms with Crippen LogP contribution in [-0.4, -0.2) is 18.0 Å². The number of nitrogens with two attached hydrogens (primary N) is 1. The van der Waals surface area contributed by atoms with Gasteiger partial charge in [-0.3, -0.25) is 4.79 Å². The minimum atomic E-state index is -0.330. The van der Waals surface area contributed by atoms with E-state index in [9.17, 15) is 4.79 Å². The van der Waals surface area contributed by atoms with Crippen molar-refractivity contribution in [3.8, 4) is 0 Å². The lowest BCUT2D eigenvalue weighted by molar-refractivity contribution is -0.123. The Morgan fingerprint density at radius 2 is 2.07 bits per heavy atom. The summed E-state index contributed by atoms with van der Waals surface area (Å²) in [5, 5.41) is 3.02. The van der Waals surface area contributed by atoms with Crippen LogP contribution in [0.25, 0.3) is 0 Å². The highest BCUT2D eigenvalue weighted by molar-refractivity contribution is 5.81. The molecule has 0 aromatic heterocycles. The maximum absolute atomic E-state index is 11.5. The second-order valence-corrected chi connectivity index (χ2v) is 4.31. The number of amides is 1. The second kappa shape index (κ2) is 5.35. The van der Waals surface area contributed by atoms with Gasteiger partial charge < -0.3 is 11.1 Å². The number of carbonyl (C=O) groups is 1. The monoisotopic (exact) mass is 198 g/mol. The number of carbonyl (C=O) groups excluding carboxylic acids is 1. The zero-order valence-electron chi connectivity index (χ0n) is 9.25. The van der Waals surface area contributed by atoms with E-state index in [0.717, 1.165) is 18.8 Å². The Kier molecular flexibility index (Phi) is 4.39. The van der Waals surface area contributed by atoms with Crippen LogP contribution in [0.5, 0.6) is 0 Å². The first-order chi connectivity index (χ1) is 6.67. The third-order valence-corrected chi connectivity index (χ3v) is 2.93. The van der Waals surface area contributed by atoms with Gasteiger partial charge in [-0.15, -0.1) is 0 Å². The van der Waals surface area contributed by atoms with E-state index in [1.807, 2.05) is 6.92 Å². The molecular weight excluding hydrogens is 176 g/mol. The van der Waals surface area contributed by atoms with E-state index in [1.54, 1.807) is 0 Å². The Labute approximate surface area is 86.4 Å². The molecule has 0 aromatic rings. The summed E-state index contributed by atoms with van der Waals surface area (Å²) in [7, 11) is 0. The summed E-state index contributed by atoms with van der Waals surface area (Å²) < 4.78 is 0. The van der Waals surface area contributed by atoms with E-state index in [0.29, 0.717) is 12.5 Å². The average Bonchev–Trinajstić information content (AvgIpc) is 2.99. The van der Waals surface area contributed by atoms with Crippen LogP contribution in [0.3, 0.4) is 0 Å². The van der Waals surface area contributed by atoms with Crippen LogP contribution < -0.4 is 11.1 Å². The lowest BCUT2D eigenvalue weighted by Crippen LogP contribution is -2.45. The van der Waals surface area contributed by atoms with Crippen molar-refractivity contribution in [3.63, 3.8) is 0 Å². The van der Waals surface area contributed by atoms with Crippen LogP contribution in [0.4, 0.5) is 0 Å². The standard InChI is InChI=1S/C11H22N2O/c1-3-9(7-8-5-6-8)13-11(14)10(12)4-2/h8-10H,3-7,12H2,1-2H3,(H,13,14)/t9?,10-/m0/s1. The molecule has 1 saturated carbocycles. The molecule has 3 N–H and O–H groups in total. The molecule has 0 heterocycles. The summed E-state index contributed by atoms with van der Waals surface area (Å²) in [5.41, 5.74) is 5.65. The van der Waals surface area contributed by atoms with Gasteiger partial charge in [0.15, 0.2) is 0 Å². The van der Waals surface area contributed by atoms with Crippen molar-refractivity contribution in [1.82, 2.24) is 5.32 Å². The molecule has 3 nitrogen and oxygen atoms in total. The molecule has 2 atom stereocenters. The first-order valence-electron chi connectivity index (χ1n) is 5.73. The molecule has 1 fully saturated rings. The van der Waals surface area contributed by atoms with Gasteiger partial charge in [-0.2, -0.15) is 0 Å². The molecule has 0 radical (unpaired) electrons. The molecule has 1 unspecified atom stereocenters. The van der Waals surface area contributed by atoms with Crippen LogP contribution in [0.1, 0.15) is 46.0 Å². The number of hydrogen-bond acceptors (Lipinski definition) is 2. The van der Waals surface area contributed by atoms with E-state index in [4.69, 9.17) is 5.73 Å². The molecule has 0 aromatic carbocycles. The summed E-state index contributed by atoms with van der Waals surface area (Å²) in [4.78, 5) is 11.5. The third-order valence-electron chi connectivity index (χ3n) is 2.93.